The standard InChI is InChI=1S/C3H6AsF/c4-2-1-3-5/h1-3H2. The summed E-state index contributed by atoms with van der Waals surface area (Å²) < 4.78 is 11.0. The van der Waals surface area contributed by atoms with E-state index in [9.17, 15) is 4.39 Å². The van der Waals surface area contributed by atoms with E-state index in [0.717, 1.165) is 5.21 Å². The fourth-order valence-electron chi connectivity index (χ4n) is 0.0598. The molecule has 0 aromatic rings. The summed E-state index contributed by atoms with van der Waals surface area (Å²) in [5.41, 5.74) is 0. The number of hydrogen-bond donors (Lipinski definition) is 0. The van der Waals surface area contributed by atoms with Gasteiger partial charge in [-0.05, 0) is 0 Å². The Morgan fingerprint density at radius 2 is 2.20 bits per heavy atom. The maximum absolute atomic E-state index is 11.0. The molecule has 30 valence electrons. The van der Waals surface area contributed by atoms with Crippen LogP contribution in [0.4, 0.5) is 4.39 Å². The van der Waals surface area contributed by atoms with E-state index in [1.807, 2.05) is 0 Å². The molecule has 0 aliphatic carbocycles. The summed E-state index contributed by atoms with van der Waals surface area (Å²) in [6.07, 6.45) is 0.694. The van der Waals surface area contributed by atoms with Crippen LogP contribution < -0.4 is 0 Å². The van der Waals surface area contributed by atoms with Crippen LogP contribution in [0.15, 0.2) is 0 Å². The Morgan fingerprint density at radius 1 is 1.60 bits per heavy atom. The Bertz CT molecular complexity index is 14.4. The molecule has 0 aliphatic heterocycles. The van der Waals surface area contributed by atoms with Crippen molar-refractivity contribution in [1.29, 1.82) is 0 Å². The molecule has 0 aromatic heterocycles. The van der Waals surface area contributed by atoms with Gasteiger partial charge in [0.15, 0.2) is 0 Å². The van der Waals surface area contributed by atoms with E-state index < -0.39 is 0 Å². The maximum atomic E-state index is 11.0. The van der Waals surface area contributed by atoms with Crippen LogP contribution in [0, 0.1) is 0 Å². The van der Waals surface area contributed by atoms with Gasteiger partial charge in [-0.3, -0.25) is 0 Å². The molecule has 0 bridgehead atoms. The summed E-state index contributed by atoms with van der Waals surface area (Å²) in [5, 5.41) is 0.906. The van der Waals surface area contributed by atoms with Crippen LogP contribution in [0.2, 0.25) is 5.21 Å². The summed E-state index contributed by atoms with van der Waals surface area (Å²) in [6.45, 7) is -0.172. The molecule has 0 N–H and O–H groups in total. The molecule has 0 heterocycles. The number of hydrogen-bond acceptors (Lipinski definition) is 0. The minimum atomic E-state index is -0.172. The molecule has 0 saturated heterocycles. The zero-order valence-corrected chi connectivity index (χ0v) is 4.82. The second kappa shape index (κ2) is 4.49. The minimum absolute atomic E-state index is 0.172. The predicted octanol–water partition coefficient (Wildman–Crippen LogP) is 0.933. The monoisotopic (exact) mass is 136 g/mol. The van der Waals surface area contributed by atoms with Crippen LogP contribution >= 0.6 is 0 Å². The van der Waals surface area contributed by atoms with Crippen LogP contribution in [0.1, 0.15) is 6.42 Å². The van der Waals surface area contributed by atoms with Gasteiger partial charge in [-0.1, -0.05) is 0 Å². The second-order valence-corrected chi connectivity index (χ2v) is 1.70. The van der Waals surface area contributed by atoms with E-state index in [0.29, 0.717) is 6.42 Å². The van der Waals surface area contributed by atoms with Gasteiger partial charge in [-0.15, -0.1) is 0 Å². The molecule has 0 unspecified atom stereocenters. The Hall–Kier alpha value is 0.488. The molecule has 0 spiro atoms. The molecule has 0 amide bonds. The number of rotatable bonds is 2. The zero-order valence-electron chi connectivity index (χ0n) is 2.95. The molecular formula is C3H6AsF. The van der Waals surface area contributed by atoms with Gasteiger partial charge in [0.1, 0.15) is 0 Å². The van der Waals surface area contributed by atoms with Crippen molar-refractivity contribution < 1.29 is 4.39 Å². The quantitative estimate of drug-likeness (QED) is 0.495. The summed E-state index contributed by atoms with van der Waals surface area (Å²) in [6, 6.07) is 0. The van der Waals surface area contributed by atoms with Gasteiger partial charge in [0.05, 0.1) is 0 Å². The third kappa shape index (κ3) is 4.49. The molecule has 0 aromatic carbocycles. The summed E-state index contributed by atoms with van der Waals surface area (Å²) in [4.78, 5) is 0. The first-order valence-corrected chi connectivity index (χ1v) is 2.91. The van der Waals surface area contributed by atoms with E-state index in [4.69, 9.17) is 0 Å². The van der Waals surface area contributed by atoms with Crippen LogP contribution in [-0.2, 0) is 0 Å². The molecule has 0 fully saturated rings. The zero-order chi connectivity index (χ0) is 4.12. The average molecular weight is 136 g/mol. The molecule has 2 heteroatoms. The molecule has 2 radical (unpaired) electrons. The summed E-state index contributed by atoms with van der Waals surface area (Å²) >= 11 is 2.34. The van der Waals surface area contributed by atoms with Crippen molar-refractivity contribution in [3.05, 3.63) is 0 Å². The van der Waals surface area contributed by atoms with Crippen molar-refractivity contribution in [3.8, 4) is 0 Å². The topological polar surface area (TPSA) is 0 Å². The van der Waals surface area contributed by atoms with Crippen LogP contribution in [0.25, 0.3) is 0 Å². The van der Waals surface area contributed by atoms with Gasteiger partial charge in [0.2, 0.25) is 0 Å². The fraction of sp³-hybridized carbons (Fsp3) is 1.00. The van der Waals surface area contributed by atoms with Gasteiger partial charge in [0, 0.05) is 0 Å². The number of alkyl halides is 1. The number of halogens is 1. The Labute approximate surface area is 40.3 Å². The Morgan fingerprint density at radius 3 is 2.20 bits per heavy atom. The van der Waals surface area contributed by atoms with Crippen molar-refractivity contribution >= 4 is 16.9 Å². The molecule has 0 nitrogen and oxygen atoms in total. The van der Waals surface area contributed by atoms with Crippen LogP contribution in [-0.4, -0.2) is 23.5 Å². The van der Waals surface area contributed by atoms with Crippen molar-refractivity contribution in [1.82, 2.24) is 0 Å². The average Bonchev–Trinajstić information content (AvgIpc) is 1.41. The van der Waals surface area contributed by atoms with Gasteiger partial charge in [0.25, 0.3) is 0 Å². The third-order valence-corrected chi connectivity index (χ3v) is 0.955. The van der Waals surface area contributed by atoms with E-state index in [1.165, 1.54) is 0 Å². The van der Waals surface area contributed by atoms with Crippen molar-refractivity contribution in [2.45, 2.75) is 11.6 Å². The first kappa shape index (κ1) is 5.49. The Kier molecular flexibility index (Phi) is 4.93. The van der Waals surface area contributed by atoms with Crippen molar-refractivity contribution in [2.75, 3.05) is 6.67 Å². The summed E-state index contributed by atoms with van der Waals surface area (Å²) in [7, 11) is 0. The van der Waals surface area contributed by atoms with Crippen molar-refractivity contribution in [3.63, 3.8) is 0 Å². The fourth-order valence-corrected chi connectivity index (χ4v) is 0.311. The van der Waals surface area contributed by atoms with E-state index in [-0.39, 0.29) is 6.67 Å². The molecule has 5 heavy (non-hydrogen) atoms. The first-order chi connectivity index (χ1) is 2.41. The molecule has 0 aliphatic rings. The van der Waals surface area contributed by atoms with Crippen LogP contribution in [0.3, 0.4) is 0 Å². The predicted molar refractivity (Wildman–Crippen MR) is 21.2 cm³/mol. The first-order valence-electron chi connectivity index (χ1n) is 1.58. The molecule has 0 atom stereocenters. The normalized spacial score (nSPS) is 8.40. The van der Waals surface area contributed by atoms with E-state index in [1.54, 1.807) is 0 Å². The Balaban J connectivity index is 2.19. The van der Waals surface area contributed by atoms with Crippen LogP contribution in [0.5, 0.6) is 0 Å². The van der Waals surface area contributed by atoms with Gasteiger partial charge in [-0.2, -0.15) is 0 Å². The van der Waals surface area contributed by atoms with Gasteiger partial charge >= 0.3 is 39.5 Å². The van der Waals surface area contributed by atoms with Crippen molar-refractivity contribution in [2.24, 2.45) is 0 Å². The summed E-state index contributed by atoms with van der Waals surface area (Å²) in [5.74, 6) is 0. The molecule has 0 rings (SSSR count). The van der Waals surface area contributed by atoms with E-state index >= 15 is 0 Å². The molecular weight excluding hydrogens is 130 g/mol. The van der Waals surface area contributed by atoms with Gasteiger partial charge < -0.3 is 0 Å². The van der Waals surface area contributed by atoms with E-state index in [2.05, 4.69) is 16.9 Å². The molecule has 0 saturated carbocycles. The second-order valence-electron chi connectivity index (χ2n) is 0.766. The van der Waals surface area contributed by atoms with Gasteiger partial charge in [-0.25, -0.2) is 0 Å². The third-order valence-electron chi connectivity index (χ3n) is 0.292. The SMILES string of the molecule is FCCC[As].